The molecule has 1 aliphatic heterocycles. The molecule has 1 saturated carbocycles. The highest BCUT2D eigenvalue weighted by atomic mass is 16.5. The van der Waals surface area contributed by atoms with Crippen LogP contribution in [0.15, 0.2) is 0 Å². The Bertz CT molecular complexity index is 334. The molecule has 1 heterocycles. The van der Waals surface area contributed by atoms with Crippen molar-refractivity contribution in [1.82, 2.24) is 10.6 Å². The third kappa shape index (κ3) is 3.67. The van der Waals surface area contributed by atoms with Crippen LogP contribution in [-0.2, 0) is 14.3 Å². The number of morpholine rings is 1. The summed E-state index contributed by atoms with van der Waals surface area (Å²) in [6.45, 7) is 2.05. The molecular weight excluding hydrogens is 248 g/mol. The molecule has 0 bridgehead atoms. The summed E-state index contributed by atoms with van der Waals surface area (Å²) >= 11 is 0. The lowest BCUT2D eigenvalue weighted by molar-refractivity contribution is -0.149. The van der Waals surface area contributed by atoms with E-state index >= 15 is 0 Å². The van der Waals surface area contributed by atoms with Crippen LogP contribution in [0.5, 0.6) is 0 Å². The summed E-state index contributed by atoms with van der Waals surface area (Å²) < 4.78 is 5.46. The van der Waals surface area contributed by atoms with Gasteiger partial charge in [0.25, 0.3) is 0 Å². The maximum atomic E-state index is 12.0. The zero-order chi connectivity index (χ0) is 13.7. The van der Waals surface area contributed by atoms with Crippen molar-refractivity contribution in [3.63, 3.8) is 0 Å². The Morgan fingerprint density at radius 1 is 1.32 bits per heavy atom. The summed E-state index contributed by atoms with van der Waals surface area (Å²) in [5.74, 6) is -1.14. The van der Waals surface area contributed by atoms with E-state index in [1.165, 1.54) is 0 Å². The molecule has 1 amide bonds. The number of carbonyl (C=O) groups is 2. The van der Waals surface area contributed by atoms with Crippen molar-refractivity contribution >= 4 is 11.9 Å². The number of carboxylic acid groups (broad SMARTS) is 1. The van der Waals surface area contributed by atoms with Gasteiger partial charge in [-0.15, -0.1) is 0 Å². The zero-order valence-corrected chi connectivity index (χ0v) is 11.1. The summed E-state index contributed by atoms with van der Waals surface area (Å²) in [5.41, 5.74) is -1.06. The summed E-state index contributed by atoms with van der Waals surface area (Å²) in [7, 11) is 0. The third-order valence-electron chi connectivity index (χ3n) is 3.91. The normalized spacial score (nSPS) is 26.6. The number of hydrogen-bond donors (Lipinski definition) is 3. The number of aliphatic carboxylic acids is 1. The highest BCUT2D eigenvalue weighted by molar-refractivity contribution is 5.87. The van der Waals surface area contributed by atoms with Crippen molar-refractivity contribution in [3.05, 3.63) is 0 Å². The molecule has 1 unspecified atom stereocenters. The Morgan fingerprint density at radius 3 is 2.63 bits per heavy atom. The van der Waals surface area contributed by atoms with Crippen LogP contribution in [0.2, 0.25) is 0 Å². The molecule has 0 spiro atoms. The molecule has 2 rings (SSSR count). The molecule has 3 N–H and O–H groups in total. The van der Waals surface area contributed by atoms with E-state index in [2.05, 4.69) is 10.6 Å². The van der Waals surface area contributed by atoms with Crippen LogP contribution in [0.1, 0.15) is 38.5 Å². The molecule has 0 aromatic carbocycles. The van der Waals surface area contributed by atoms with Gasteiger partial charge in [-0.1, -0.05) is 19.3 Å². The fourth-order valence-corrected chi connectivity index (χ4v) is 2.82. The van der Waals surface area contributed by atoms with Gasteiger partial charge in [0.1, 0.15) is 5.54 Å². The Morgan fingerprint density at radius 2 is 2.05 bits per heavy atom. The second-order valence-corrected chi connectivity index (χ2v) is 5.40. The van der Waals surface area contributed by atoms with Gasteiger partial charge in [0.2, 0.25) is 5.91 Å². The van der Waals surface area contributed by atoms with Gasteiger partial charge in [-0.25, -0.2) is 4.79 Å². The van der Waals surface area contributed by atoms with Gasteiger partial charge in [-0.3, -0.25) is 4.79 Å². The number of amides is 1. The SMILES string of the molecule is O=C(CC1CNCCO1)NC1(C(=O)O)CCCCC1. The number of ether oxygens (including phenoxy) is 1. The van der Waals surface area contributed by atoms with Crippen LogP contribution < -0.4 is 10.6 Å². The van der Waals surface area contributed by atoms with E-state index in [9.17, 15) is 14.7 Å². The summed E-state index contributed by atoms with van der Waals surface area (Å²) in [5, 5.41) is 15.3. The fourth-order valence-electron chi connectivity index (χ4n) is 2.82. The lowest BCUT2D eigenvalue weighted by Crippen LogP contribution is -2.56. The second-order valence-electron chi connectivity index (χ2n) is 5.40. The average molecular weight is 270 g/mol. The van der Waals surface area contributed by atoms with E-state index in [-0.39, 0.29) is 18.4 Å². The van der Waals surface area contributed by atoms with Gasteiger partial charge >= 0.3 is 5.97 Å². The van der Waals surface area contributed by atoms with Crippen molar-refractivity contribution in [2.45, 2.75) is 50.2 Å². The van der Waals surface area contributed by atoms with Gasteiger partial charge in [0.15, 0.2) is 0 Å². The van der Waals surface area contributed by atoms with Gasteiger partial charge in [-0.2, -0.15) is 0 Å². The van der Waals surface area contributed by atoms with Crippen LogP contribution in [0, 0.1) is 0 Å². The van der Waals surface area contributed by atoms with Crippen LogP contribution >= 0.6 is 0 Å². The Balaban J connectivity index is 1.89. The second kappa shape index (κ2) is 6.34. The summed E-state index contributed by atoms with van der Waals surface area (Å²) in [6.07, 6.45) is 3.88. The smallest absolute Gasteiger partial charge is 0.329 e. The topological polar surface area (TPSA) is 87.7 Å². The molecule has 2 aliphatic rings. The lowest BCUT2D eigenvalue weighted by atomic mass is 9.81. The lowest BCUT2D eigenvalue weighted by Gasteiger charge is -2.34. The largest absolute Gasteiger partial charge is 0.480 e. The summed E-state index contributed by atoms with van der Waals surface area (Å²) in [4.78, 5) is 23.5. The van der Waals surface area contributed by atoms with Crippen LogP contribution in [0.25, 0.3) is 0 Å². The Hall–Kier alpha value is -1.14. The highest BCUT2D eigenvalue weighted by Crippen LogP contribution is 2.28. The van der Waals surface area contributed by atoms with Gasteiger partial charge in [0, 0.05) is 13.1 Å². The van der Waals surface area contributed by atoms with Crippen molar-refractivity contribution in [1.29, 1.82) is 0 Å². The van der Waals surface area contributed by atoms with Crippen LogP contribution in [0.4, 0.5) is 0 Å². The first-order valence-corrected chi connectivity index (χ1v) is 6.99. The van der Waals surface area contributed by atoms with E-state index < -0.39 is 11.5 Å². The molecular formula is C13H22N2O4. The van der Waals surface area contributed by atoms with Gasteiger partial charge in [-0.05, 0) is 12.8 Å². The van der Waals surface area contributed by atoms with E-state index in [0.717, 1.165) is 25.8 Å². The molecule has 2 fully saturated rings. The molecule has 6 heteroatoms. The monoisotopic (exact) mass is 270 g/mol. The summed E-state index contributed by atoms with van der Waals surface area (Å²) in [6, 6.07) is 0. The number of carboxylic acids is 1. The maximum Gasteiger partial charge on any atom is 0.329 e. The molecule has 1 saturated heterocycles. The van der Waals surface area contributed by atoms with Crippen molar-refractivity contribution < 1.29 is 19.4 Å². The molecule has 6 nitrogen and oxygen atoms in total. The molecule has 1 atom stereocenters. The highest BCUT2D eigenvalue weighted by Gasteiger charge is 2.41. The first-order chi connectivity index (χ1) is 9.12. The van der Waals surface area contributed by atoms with E-state index in [1.54, 1.807) is 0 Å². The molecule has 0 aromatic heterocycles. The minimum absolute atomic E-state index is 0.150. The zero-order valence-electron chi connectivity index (χ0n) is 11.1. The average Bonchev–Trinajstić information content (AvgIpc) is 2.40. The van der Waals surface area contributed by atoms with Crippen LogP contribution in [-0.4, -0.2) is 48.3 Å². The van der Waals surface area contributed by atoms with E-state index in [1.807, 2.05) is 0 Å². The van der Waals surface area contributed by atoms with Crippen molar-refractivity contribution in [2.75, 3.05) is 19.7 Å². The quantitative estimate of drug-likeness (QED) is 0.682. The molecule has 0 radical (unpaired) electrons. The number of hydrogen-bond acceptors (Lipinski definition) is 4. The fraction of sp³-hybridized carbons (Fsp3) is 0.846. The number of carbonyl (C=O) groups excluding carboxylic acids is 1. The maximum absolute atomic E-state index is 12.0. The standard InChI is InChI=1S/C13H22N2O4/c16-11(8-10-9-14-6-7-19-10)15-13(12(17)18)4-2-1-3-5-13/h10,14H,1-9H2,(H,15,16)(H,17,18). The van der Waals surface area contributed by atoms with Crippen molar-refractivity contribution in [2.24, 2.45) is 0 Å². The minimum Gasteiger partial charge on any atom is -0.480 e. The van der Waals surface area contributed by atoms with Gasteiger partial charge < -0.3 is 20.5 Å². The first kappa shape index (κ1) is 14.3. The van der Waals surface area contributed by atoms with E-state index in [0.29, 0.717) is 26.0 Å². The molecule has 1 aliphatic carbocycles. The molecule has 0 aromatic rings. The first-order valence-electron chi connectivity index (χ1n) is 6.99. The van der Waals surface area contributed by atoms with E-state index in [4.69, 9.17) is 4.74 Å². The predicted molar refractivity (Wildman–Crippen MR) is 68.8 cm³/mol. The number of nitrogens with one attached hydrogen (secondary N) is 2. The third-order valence-corrected chi connectivity index (χ3v) is 3.91. The van der Waals surface area contributed by atoms with Gasteiger partial charge in [0.05, 0.1) is 19.1 Å². The van der Waals surface area contributed by atoms with Crippen LogP contribution in [0.3, 0.4) is 0 Å². The Kier molecular flexibility index (Phi) is 4.76. The molecule has 108 valence electrons. The minimum atomic E-state index is -1.06. The Labute approximate surface area is 112 Å². The molecule has 19 heavy (non-hydrogen) atoms. The number of rotatable bonds is 4. The van der Waals surface area contributed by atoms with Crippen molar-refractivity contribution in [3.8, 4) is 0 Å². The predicted octanol–water partition coefficient (Wildman–Crippen LogP) is 0.269.